The maximum Gasteiger partial charge on any atom is 0.278 e. The second-order valence-electron chi connectivity index (χ2n) is 3.30. The maximum atomic E-state index is 11.2. The average molecular weight is 209 g/mol. The molecule has 5 nitrogen and oxygen atoms in total. The second-order valence-corrected chi connectivity index (χ2v) is 5.27. The van der Waals surface area contributed by atoms with Gasteiger partial charge in [0.2, 0.25) is 0 Å². The molecule has 0 spiro atoms. The normalized spacial score (nSPS) is 14.8. The van der Waals surface area contributed by atoms with Gasteiger partial charge in [0.15, 0.2) is 0 Å². The Kier molecular flexibility index (Phi) is 5.46. The van der Waals surface area contributed by atoms with Crippen LogP contribution in [0.2, 0.25) is 0 Å². The Labute approximate surface area is 80.7 Å². The molecule has 0 aromatic carbocycles. The maximum absolute atomic E-state index is 11.2. The summed E-state index contributed by atoms with van der Waals surface area (Å²) in [5, 5.41) is 2.98. The lowest BCUT2D eigenvalue weighted by Gasteiger charge is -2.15. The lowest BCUT2D eigenvalue weighted by atomic mass is 10.2. The van der Waals surface area contributed by atoms with E-state index in [0.717, 1.165) is 6.54 Å². The van der Waals surface area contributed by atoms with Gasteiger partial charge in [-0.25, -0.2) is 4.72 Å². The fourth-order valence-electron chi connectivity index (χ4n) is 0.797. The van der Waals surface area contributed by atoms with E-state index in [0.29, 0.717) is 12.5 Å². The first kappa shape index (κ1) is 12.8. The van der Waals surface area contributed by atoms with Crippen molar-refractivity contribution in [3.8, 4) is 0 Å². The minimum Gasteiger partial charge on any atom is -0.319 e. The van der Waals surface area contributed by atoms with E-state index >= 15 is 0 Å². The van der Waals surface area contributed by atoms with Gasteiger partial charge in [-0.3, -0.25) is 0 Å². The molecule has 13 heavy (non-hydrogen) atoms. The van der Waals surface area contributed by atoms with Crippen LogP contribution in [-0.4, -0.2) is 47.0 Å². The molecule has 0 heterocycles. The first-order valence-electron chi connectivity index (χ1n) is 4.22. The fraction of sp³-hybridized carbons (Fsp3) is 1.00. The molecular weight excluding hydrogens is 190 g/mol. The van der Waals surface area contributed by atoms with Crippen LogP contribution in [0.15, 0.2) is 0 Å². The Hall–Kier alpha value is -0.170. The number of nitrogens with zero attached hydrogens (tertiary/aromatic N) is 1. The van der Waals surface area contributed by atoms with Gasteiger partial charge in [-0.05, 0) is 19.5 Å². The Morgan fingerprint density at radius 2 is 1.85 bits per heavy atom. The Morgan fingerprint density at radius 1 is 1.31 bits per heavy atom. The van der Waals surface area contributed by atoms with Crippen LogP contribution in [0.1, 0.15) is 6.92 Å². The summed E-state index contributed by atoms with van der Waals surface area (Å²) in [6.45, 7) is 3.24. The van der Waals surface area contributed by atoms with Gasteiger partial charge in [-0.2, -0.15) is 12.7 Å². The van der Waals surface area contributed by atoms with Crippen LogP contribution in [-0.2, 0) is 10.2 Å². The van der Waals surface area contributed by atoms with Crippen molar-refractivity contribution in [2.45, 2.75) is 6.92 Å². The van der Waals surface area contributed by atoms with Gasteiger partial charge in [0.05, 0.1) is 0 Å². The molecule has 0 aliphatic rings. The van der Waals surface area contributed by atoms with Gasteiger partial charge >= 0.3 is 0 Å². The van der Waals surface area contributed by atoms with Gasteiger partial charge in [-0.1, -0.05) is 6.92 Å². The van der Waals surface area contributed by atoms with Crippen LogP contribution < -0.4 is 10.0 Å². The van der Waals surface area contributed by atoms with Gasteiger partial charge < -0.3 is 5.32 Å². The molecule has 0 radical (unpaired) electrons. The van der Waals surface area contributed by atoms with Crippen LogP contribution in [0.3, 0.4) is 0 Å². The van der Waals surface area contributed by atoms with Gasteiger partial charge in [0.25, 0.3) is 10.2 Å². The lowest BCUT2D eigenvalue weighted by Crippen LogP contribution is -2.39. The van der Waals surface area contributed by atoms with E-state index in [9.17, 15) is 8.42 Å². The molecule has 0 amide bonds. The third-order valence-electron chi connectivity index (χ3n) is 1.65. The molecule has 0 bridgehead atoms. The zero-order valence-electron chi connectivity index (χ0n) is 8.66. The molecule has 1 atom stereocenters. The topological polar surface area (TPSA) is 61.4 Å². The molecular formula is C7H19N3O2S. The highest BCUT2D eigenvalue weighted by molar-refractivity contribution is 7.87. The molecule has 0 aliphatic heterocycles. The lowest BCUT2D eigenvalue weighted by molar-refractivity contribution is 0.480. The Bertz CT molecular complexity index is 226. The molecule has 0 saturated carbocycles. The predicted molar refractivity (Wildman–Crippen MR) is 53.7 cm³/mol. The number of hydrogen-bond acceptors (Lipinski definition) is 3. The average Bonchev–Trinajstić information content (AvgIpc) is 2.01. The summed E-state index contributed by atoms with van der Waals surface area (Å²) < 4.78 is 26.1. The SMILES string of the molecule is CNCC(C)CNS(=O)(=O)N(C)C. The molecule has 0 aromatic heterocycles. The van der Waals surface area contributed by atoms with Crippen LogP contribution in [0.4, 0.5) is 0 Å². The van der Waals surface area contributed by atoms with E-state index in [2.05, 4.69) is 10.0 Å². The van der Waals surface area contributed by atoms with Crippen LogP contribution >= 0.6 is 0 Å². The highest BCUT2D eigenvalue weighted by Crippen LogP contribution is 1.93. The zero-order chi connectivity index (χ0) is 10.5. The van der Waals surface area contributed by atoms with Crippen molar-refractivity contribution < 1.29 is 8.42 Å². The number of nitrogens with one attached hydrogen (secondary N) is 2. The van der Waals surface area contributed by atoms with E-state index in [1.165, 1.54) is 18.4 Å². The number of rotatable bonds is 6. The smallest absolute Gasteiger partial charge is 0.278 e. The molecule has 1 unspecified atom stereocenters. The quantitative estimate of drug-likeness (QED) is 0.604. The third-order valence-corrected chi connectivity index (χ3v) is 3.14. The molecule has 80 valence electrons. The zero-order valence-corrected chi connectivity index (χ0v) is 9.48. The first-order chi connectivity index (χ1) is 5.90. The standard InChI is InChI=1S/C7H19N3O2S/c1-7(5-8-2)6-9-13(11,12)10(3)4/h7-9H,5-6H2,1-4H3. The largest absolute Gasteiger partial charge is 0.319 e. The minimum absolute atomic E-state index is 0.291. The van der Waals surface area contributed by atoms with Gasteiger partial charge in [0.1, 0.15) is 0 Å². The van der Waals surface area contributed by atoms with E-state index in [1.54, 1.807) is 0 Å². The summed E-state index contributed by atoms with van der Waals surface area (Å²) in [6, 6.07) is 0. The van der Waals surface area contributed by atoms with E-state index in [4.69, 9.17) is 0 Å². The Balaban J connectivity index is 3.89. The molecule has 6 heteroatoms. The molecule has 0 rings (SSSR count). The van der Waals surface area contributed by atoms with E-state index < -0.39 is 10.2 Å². The summed E-state index contributed by atoms with van der Waals surface area (Å²) in [4.78, 5) is 0. The Morgan fingerprint density at radius 3 is 2.23 bits per heavy atom. The molecule has 0 aliphatic carbocycles. The van der Waals surface area contributed by atoms with Crippen molar-refractivity contribution in [3.63, 3.8) is 0 Å². The van der Waals surface area contributed by atoms with Crippen molar-refractivity contribution >= 4 is 10.2 Å². The molecule has 0 aromatic rings. The van der Waals surface area contributed by atoms with Crippen molar-refractivity contribution in [3.05, 3.63) is 0 Å². The highest BCUT2D eigenvalue weighted by atomic mass is 32.2. The summed E-state index contributed by atoms with van der Waals surface area (Å²) >= 11 is 0. The summed E-state index contributed by atoms with van der Waals surface area (Å²) in [7, 11) is 1.60. The van der Waals surface area contributed by atoms with Crippen LogP contribution in [0.25, 0.3) is 0 Å². The van der Waals surface area contributed by atoms with Crippen molar-refractivity contribution in [1.29, 1.82) is 0 Å². The summed E-state index contributed by atoms with van der Waals surface area (Å²) in [6.07, 6.45) is 0. The first-order valence-corrected chi connectivity index (χ1v) is 5.66. The van der Waals surface area contributed by atoms with Gasteiger partial charge in [-0.15, -0.1) is 0 Å². The molecule has 0 fully saturated rings. The number of hydrogen-bond donors (Lipinski definition) is 2. The van der Waals surface area contributed by atoms with Crippen molar-refractivity contribution in [2.75, 3.05) is 34.2 Å². The molecule has 0 saturated heterocycles. The van der Waals surface area contributed by atoms with Crippen molar-refractivity contribution in [2.24, 2.45) is 5.92 Å². The predicted octanol–water partition coefficient (Wildman–Crippen LogP) is -0.762. The van der Waals surface area contributed by atoms with Crippen molar-refractivity contribution in [1.82, 2.24) is 14.3 Å². The second kappa shape index (κ2) is 5.54. The van der Waals surface area contributed by atoms with E-state index in [1.807, 2.05) is 14.0 Å². The monoisotopic (exact) mass is 209 g/mol. The van der Waals surface area contributed by atoms with Gasteiger partial charge in [0, 0.05) is 20.6 Å². The summed E-state index contributed by atoms with van der Waals surface area (Å²) in [5.74, 6) is 0.291. The summed E-state index contributed by atoms with van der Waals surface area (Å²) in [5.41, 5.74) is 0. The van der Waals surface area contributed by atoms with E-state index in [-0.39, 0.29) is 0 Å². The van der Waals surface area contributed by atoms with Crippen LogP contribution in [0.5, 0.6) is 0 Å². The molecule has 2 N–H and O–H groups in total. The third kappa shape index (κ3) is 5.20. The fourth-order valence-corrected chi connectivity index (χ4v) is 1.55. The van der Waals surface area contributed by atoms with Crippen LogP contribution in [0, 0.1) is 5.92 Å². The highest BCUT2D eigenvalue weighted by Gasteiger charge is 2.13. The minimum atomic E-state index is -3.26.